The molecular weight excluding hydrogens is 699 g/mol. The fourth-order valence-corrected chi connectivity index (χ4v) is 1.69. The lowest BCUT2D eigenvalue weighted by molar-refractivity contribution is 1.55. The van der Waals surface area contributed by atoms with Crippen molar-refractivity contribution in [3.63, 3.8) is 0 Å². The van der Waals surface area contributed by atoms with Crippen LogP contribution in [0.1, 0.15) is 0 Å². The Balaban J connectivity index is 4.58. The van der Waals surface area contributed by atoms with E-state index < -0.39 is 0 Å². The number of rotatable bonds is 0. The summed E-state index contributed by atoms with van der Waals surface area (Å²) < 4.78 is 0. The Morgan fingerprint density at radius 2 is 0.224 bits per heavy atom. The topological polar surface area (TPSA) is 23.8 Å². The molecule has 0 rings (SSSR count). The van der Waals surface area contributed by atoms with E-state index in [9.17, 15) is 0 Å². The van der Waals surface area contributed by atoms with Gasteiger partial charge in [0.1, 0.15) is 0 Å². The van der Waals surface area contributed by atoms with E-state index >= 15 is 0 Å². The molecule has 0 fully saturated rings. The molecule has 0 aromatic carbocycles. The molecule has 0 bridgehead atoms. The van der Waals surface area contributed by atoms with Gasteiger partial charge in [0.05, 0.1) is 0 Å². The molecule has 0 unspecified atom stereocenters. The first-order chi connectivity index (χ1) is 28.9. The highest BCUT2D eigenvalue weighted by Gasteiger charge is 1.63. The van der Waals surface area contributed by atoms with Crippen LogP contribution in [0, 0.1) is 343 Å². The highest BCUT2D eigenvalue weighted by Crippen LogP contribution is 1.63. The Labute approximate surface area is 342 Å². The number of hydrogen-bond acceptors (Lipinski definition) is 1. The monoisotopic (exact) mass is 699 g/mol. The SMILES string of the molecule is C#CC#CC#CC#CC#CC#CC#CC#CC#CC#CC#CC#CC#CC#CC#CC#CC#CC#CC#CC#CC#CC#CC#CC#CC#CC#CC#CC#CC#N. The van der Waals surface area contributed by atoms with E-state index in [1.807, 2.05) is 0 Å². The van der Waals surface area contributed by atoms with Crippen molar-refractivity contribution < 1.29 is 0 Å². The van der Waals surface area contributed by atoms with Gasteiger partial charge in [0.2, 0.25) is 0 Å². The summed E-state index contributed by atoms with van der Waals surface area (Å²) in [5.74, 6) is 135. The first-order valence-electron chi connectivity index (χ1n) is 14.3. The number of nitriles is 1. The molecule has 0 saturated carbocycles. The van der Waals surface area contributed by atoms with Crippen molar-refractivity contribution in [2.75, 3.05) is 0 Å². The maximum atomic E-state index is 8.20. The van der Waals surface area contributed by atoms with Gasteiger partial charge in [-0.15, -0.1) is 6.42 Å². The normalized spacial score (nSPS) is 3.90. The van der Waals surface area contributed by atoms with E-state index in [4.69, 9.17) is 11.7 Å². The fraction of sp³-hybridized carbons (Fsp3) is 0. The lowest BCUT2D eigenvalue weighted by Crippen LogP contribution is -1.57. The molecule has 234 valence electrons. The quantitative estimate of drug-likeness (QED) is 0.333. The number of nitrogens with zero attached hydrogens (tertiary/aromatic N) is 1. The molecule has 1 heteroatoms. The molecule has 0 N–H and O–H groups in total. The van der Waals surface area contributed by atoms with Gasteiger partial charge in [0.25, 0.3) is 0 Å². The van der Waals surface area contributed by atoms with Gasteiger partial charge in [0, 0.05) is 278 Å². The van der Waals surface area contributed by atoms with Crippen LogP contribution in [0.3, 0.4) is 0 Å². The van der Waals surface area contributed by atoms with E-state index in [-0.39, 0.29) is 0 Å². The van der Waals surface area contributed by atoms with E-state index in [0.29, 0.717) is 0 Å². The summed E-state index contributed by atoms with van der Waals surface area (Å²) in [6, 6.07) is 1.62. The Bertz CT molecular complexity index is 3430. The van der Waals surface area contributed by atoms with Crippen molar-refractivity contribution in [3.8, 4) is 338 Å². The predicted molar refractivity (Wildman–Crippen MR) is 224 cm³/mol. The minimum Gasteiger partial charge on any atom is -0.183 e. The summed E-state index contributed by atoms with van der Waals surface area (Å²) in [5.41, 5.74) is 0. The molecular formula is C57HN. The minimum absolute atomic E-state index is 1.62. The lowest BCUT2D eigenvalue weighted by Gasteiger charge is -1.57. The van der Waals surface area contributed by atoms with Crippen molar-refractivity contribution in [1.29, 1.82) is 5.26 Å². The van der Waals surface area contributed by atoms with Crippen LogP contribution >= 0.6 is 0 Å². The molecule has 0 amide bonds. The van der Waals surface area contributed by atoms with Gasteiger partial charge in [0.15, 0.2) is 6.07 Å². The van der Waals surface area contributed by atoms with Crippen LogP contribution in [0.4, 0.5) is 0 Å². The summed E-state index contributed by atoms with van der Waals surface area (Å²) in [7, 11) is 0. The summed E-state index contributed by atoms with van der Waals surface area (Å²) in [5, 5.41) is 8.20. The highest BCUT2D eigenvalue weighted by atomic mass is 14.2. The van der Waals surface area contributed by atoms with Crippen molar-refractivity contribution >= 4 is 0 Å². The second-order valence-corrected chi connectivity index (χ2v) is 7.01. The molecule has 58 heavy (non-hydrogen) atoms. The smallest absolute Gasteiger partial charge is 0.153 e. The molecule has 0 aromatic rings. The Kier molecular flexibility index (Phi) is 34.4. The lowest BCUT2D eigenvalue weighted by atomic mass is 10.4. The van der Waals surface area contributed by atoms with Gasteiger partial charge in [-0.1, -0.05) is 0 Å². The zero-order valence-corrected chi connectivity index (χ0v) is 29.0. The molecule has 0 aliphatic rings. The summed E-state index contributed by atoms with van der Waals surface area (Å²) in [4.78, 5) is 0. The van der Waals surface area contributed by atoms with Gasteiger partial charge in [-0.3, -0.25) is 0 Å². The van der Waals surface area contributed by atoms with Crippen LogP contribution in [0.25, 0.3) is 0 Å². The largest absolute Gasteiger partial charge is 0.183 e. The van der Waals surface area contributed by atoms with Gasteiger partial charge < -0.3 is 0 Å². The average molecular weight is 700 g/mol. The van der Waals surface area contributed by atoms with Crippen LogP contribution in [-0.4, -0.2) is 0 Å². The third-order valence-corrected chi connectivity index (χ3v) is 3.44. The summed E-state index contributed by atoms with van der Waals surface area (Å²) in [6.45, 7) is 0. The number of terminal acetylenes is 1. The van der Waals surface area contributed by atoms with Gasteiger partial charge in [-0.05, 0) is 47.4 Å². The van der Waals surface area contributed by atoms with E-state index in [2.05, 4.69) is 326 Å². The van der Waals surface area contributed by atoms with Gasteiger partial charge in [-0.2, -0.15) is 5.26 Å². The van der Waals surface area contributed by atoms with Crippen LogP contribution in [0.2, 0.25) is 0 Å². The molecule has 0 atom stereocenters. The second kappa shape index (κ2) is 44.2. The molecule has 1 nitrogen and oxygen atoms in total. The zero-order chi connectivity index (χ0) is 41.6. The maximum Gasteiger partial charge on any atom is 0.153 e. The maximum absolute atomic E-state index is 8.20. The van der Waals surface area contributed by atoms with E-state index in [0.717, 1.165) is 0 Å². The van der Waals surface area contributed by atoms with Crippen molar-refractivity contribution in [2.24, 2.45) is 0 Å². The second-order valence-electron chi connectivity index (χ2n) is 7.01. The first kappa shape index (κ1) is 45.2. The Morgan fingerprint density at radius 3 is 0.310 bits per heavy atom. The third-order valence-electron chi connectivity index (χ3n) is 3.44. The zero-order valence-electron chi connectivity index (χ0n) is 29.0. The van der Waals surface area contributed by atoms with Crippen molar-refractivity contribution in [3.05, 3.63) is 0 Å². The first-order valence-corrected chi connectivity index (χ1v) is 14.3. The molecule has 0 aliphatic heterocycles. The van der Waals surface area contributed by atoms with Crippen LogP contribution < -0.4 is 0 Å². The fourth-order valence-electron chi connectivity index (χ4n) is 1.69. The average Bonchev–Trinajstić information content (AvgIpc) is 3.23. The van der Waals surface area contributed by atoms with Crippen molar-refractivity contribution in [1.82, 2.24) is 0 Å². The summed E-state index contributed by atoms with van der Waals surface area (Å²) in [6.07, 6.45) is 4.94. The molecule has 0 heterocycles. The standard InChI is InChI=1S/C57HN/c1-2-3-4-5-6-7-8-9-10-11-12-13-14-15-16-17-18-19-20-21-22-23-24-25-26-27-28-29-30-31-32-33-34-35-36-37-38-39-40-41-42-43-44-45-46-47-48-49-50-51-52-53-54-55-56-57-58/h1H. The van der Waals surface area contributed by atoms with Crippen LogP contribution in [-0.2, 0) is 0 Å². The number of hydrogen-bond donors (Lipinski definition) is 0. The van der Waals surface area contributed by atoms with Gasteiger partial charge >= 0.3 is 0 Å². The van der Waals surface area contributed by atoms with E-state index in [1.165, 1.54) is 0 Å². The van der Waals surface area contributed by atoms with Crippen LogP contribution in [0.5, 0.6) is 0 Å². The summed E-state index contributed by atoms with van der Waals surface area (Å²) >= 11 is 0. The Morgan fingerprint density at radius 1 is 0.138 bits per heavy atom. The molecule has 0 radical (unpaired) electrons. The van der Waals surface area contributed by atoms with Crippen LogP contribution in [0.15, 0.2) is 0 Å². The molecule has 0 aromatic heterocycles. The van der Waals surface area contributed by atoms with Gasteiger partial charge in [-0.25, -0.2) is 0 Å². The molecule has 0 saturated heterocycles. The minimum atomic E-state index is 1.62. The molecule has 0 aliphatic carbocycles. The predicted octanol–water partition coefficient (Wildman–Crippen LogP) is 0.235. The third kappa shape index (κ3) is 43.2. The Hall–Kier alpha value is -12.8. The van der Waals surface area contributed by atoms with E-state index in [1.54, 1.807) is 6.07 Å². The molecule has 0 spiro atoms. The van der Waals surface area contributed by atoms with Crippen molar-refractivity contribution in [2.45, 2.75) is 0 Å². The highest BCUT2D eigenvalue weighted by molar-refractivity contribution is 5.51.